The van der Waals surface area contributed by atoms with Crippen LogP contribution in [0, 0.1) is 0 Å². The molecule has 2 heterocycles. The van der Waals surface area contributed by atoms with E-state index in [0.717, 1.165) is 67.4 Å². The van der Waals surface area contributed by atoms with E-state index in [1.807, 2.05) is 6.92 Å². The highest BCUT2D eigenvalue weighted by Crippen LogP contribution is 2.48. The van der Waals surface area contributed by atoms with E-state index in [1.165, 1.54) is 4.88 Å². The fraction of sp³-hybridized carbons (Fsp3) is 0.696. The average molecular weight is 482 g/mol. The van der Waals surface area contributed by atoms with E-state index < -0.39 is 0 Å². The van der Waals surface area contributed by atoms with Crippen molar-refractivity contribution in [1.29, 1.82) is 0 Å². The summed E-state index contributed by atoms with van der Waals surface area (Å²) in [5.41, 5.74) is 1.15. The normalized spacial score (nSPS) is 23.0. The Hall–Kier alpha value is -1.48. The van der Waals surface area contributed by atoms with Crippen molar-refractivity contribution < 1.29 is 19.4 Å². The molecule has 0 bridgehead atoms. The Morgan fingerprint density at radius 2 is 2.00 bits per heavy atom. The molecule has 1 atom stereocenters. The molecule has 1 saturated carbocycles. The zero-order valence-electron chi connectivity index (χ0n) is 18.8. The van der Waals surface area contributed by atoms with Crippen molar-refractivity contribution in [3.8, 4) is 5.88 Å². The van der Waals surface area contributed by atoms with Crippen molar-refractivity contribution in [3.63, 3.8) is 0 Å². The quantitative estimate of drug-likeness (QED) is 0.421. The van der Waals surface area contributed by atoms with Gasteiger partial charge in [-0.3, -0.25) is 9.69 Å². The summed E-state index contributed by atoms with van der Waals surface area (Å²) >= 11 is 7.88. The summed E-state index contributed by atoms with van der Waals surface area (Å²) < 4.78 is 11.6. The highest BCUT2D eigenvalue weighted by atomic mass is 35.5. The van der Waals surface area contributed by atoms with E-state index in [1.54, 1.807) is 11.3 Å². The van der Waals surface area contributed by atoms with E-state index in [9.17, 15) is 9.90 Å². The number of carbonyl (C=O) groups excluding carboxylic acids is 1. The van der Waals surface area contributed by atoms with E-state index in [2.05, 4.69) is 21.8 Å². The van der Waals surface area contributed by atoms with Gasteiger partial charge in [-0.15, -0.1) is 11.3 Å². The number of ether oxygens (including phenoxy) is 2. The second-order valence-electron chi connectivity index (χ2n) is 8.56. The van der Waals surface area contributed by atoms with Gasteiger partial charge in [0.15, 0.2) is 0 Å². The van der Waals surface area contributed by atoms with Gasteiger partial charge in [-0.1, -0.05) is 6.92 Å². The lowest BCUT2D eigenvalue weighted by atomic mass is 9.91. The van der Waals surface area contributed by atoms with Crippen LogP contribution in [0.3, 0.4) is 0 Å². The fourth-order valence-electron chi connectivity index (χ4n) is 5.20. The minimum atomic E-state index is -0.163. The number of thiophene rings is 1. The molecule has 0 saturated heterocycles. The maximum atomic E-state index is 12.2. The molecule has 1 N–H and O–H groups in total. The molecule has 1 fully saturated rings. The number of fused-ring (bicyclic) bond motifs is 3. The van der Waals surface area contributed by atoms with Crippen molar-refractivity contribution in [2.45, 2.75) is 76.9 Å². The van der Waals surface area contributed by atoms with Crippen LogP contribution in [0.5, 0.6) is 5.88 Å². The number of aliphatic hydroxyl groups excluding tert-OH is 1. The van der Waals surface area contributed by atoms with Gasteiger partial charge in [0.25, 0.3) is 0 Å². The largest absolute Gasteiger partial charge is 0.474 e. The van der Waals surface area contributed by atoms with Gasteiger partial charge in [0.2, 0.25) is 11.2 Å². The summed E-state index contributed by atoms with van der Waals surface area (Å²) in [5.74, 6) is 0.500. The molecule has 176 valence electrons. The zero-order valence-corrected chi connectivity index (χ0v) is 20.4. The molecule has 32 heavy (non-hydrogen) atoms. The van der Waals surface area contributed by atoms with E-state index >= 15 is 0 Å². The van der Waals surface area contributed by atoms with Gasteiger partial charge < -0.3 is 14.6 Å². The Bertz CT molecular complexity index is 945. The SMILES string of the molecule is CCOC(=O)C[C@H]1CCc2sc3nc(Cl)nc(O[C@H]4CC[C@H](N(CC)CCO)CC4)c3c21. The topological polar surface area (TPSA) is 84.8 Å². The van der Waals surface area contributed by atoms with Crippen molar-refractivity contribution >= 4 is 39.1 Å². The Morgan fingerprint density at radius 1 is 1.22 bits per heavy atom. The molecule has 2 aliphatic carbocycles. The van der Waals surface area contributed by atoms with Crippen LogP contribution in [0.2, 0.25) is 5.28 Å². The van der Waals surface area contributed by atoms with E-state index in [0.29, 0.717) is 24.9 Å². The number of hydrogen-bond donors (Lipinski definition) is 1. The van der Waals surface area contributed by atoms with Crippen LogP contribution in [0.1, 0.15) is 68.7 Å². The maximum Gasteiger partial charge on any atom is 0.306 e. The summed E-state index contributed by atoms with van der Waals surface area (Å²) in [5, 5.41) is 10.4. The Morgan fingerprint density at radius 3 is 2.69 bits per heavy atom. The molecule has 0 aromatic carbocycles. The summed E-state index contributed by atoms with van der Waals surface area (Å²) in [6.45, 7) is 6.23. The van der Waals surface area contributed by atoms with Crippen LogP contribution < -0.4 is 4.74 Å². The first-order valence-corrected chi connectivity index (χ1v) is 12.9. The van der Waals surface area contributed by atoms with Crippen LogP contribution in [0.4, 0.5) is 0 Å². The summed E-state index contributed by atoms with van der Waals surface area (Å²) in [6, 6.07) is 0.486. The number of carbonyl (C=O) groups is 1. The molecule has 0 aliphatic heterocycles. The molecule has 0 amide bonds. The first kappa shape index (κ1) is 23.7. The van der Waals surface area contributed by atoms with Gasteiger partial charge in [0, 0.05) is 17.5 Å². The second kappa shape index (κ2) is 10.6. The molecule has 2 aromatic rings. The van der Waals surface area contributed by atoms with Gasteiger partial charge in [0.1, 0.15) is 10.9 Å². The van der Waals surface area contributed by atoms with Crippen LogP contribution in [0.25, 0.3) is 10.2 Å². The Balaban J connectivity index is 1.53. The van der Waals surface area contributed by atoms with Crippen molar-refractivity contribution in [1.82, 2.24) is 14.9 Å². The molecular weight excluding hydrogens is 450 g/mol. The molecule has 9 heteroatoms. The van der Waals surface area contributed by atoms with E-state index in [4.69, 9.17) is 21.1 Å². The monoisotopic (exact) mass is 481 g/mol. The Kier molecular flexibility index (Phi) is 7.87. The molecule has 2 aromatic heterocycles. The number of esters is 1. The maximum absolute atomic E-state index is 12.2. The third-order valence-corrected chi connectivity index (χ3v) is 8.01. The first-order chi connectivity index (χ1) is 15.5. The van der Waals surface area contributed by atoms with Crippen LogP contribution in [0.15, 0.2) is 0 Å². The standard InChI is InChI=1S/C23H32ClN3O4S/c1-3-27(11-12-28)15-6-8-16(9-7-15)31-21-20-19-14(13-18(29)30-4-2)5-10-17(19)32-22(20)26-23(24)25-21/h14-16,28H,3-13H2,1-2H3/t14-,15-,16-/m1/s1. The third-order valence-electron chi connectivity index (χ3n) is 6.68. The van der Waals surface area contributed by atoms with Gasteiger partial charge in [-0.05, 0) is 75.1 Å². The van der Waals surface area contributed by atoms with Crippen molar-refractivity contribution in [3.05, 3.63) is 15.7 Å². The van der Waals surface area contributed by atoms with Gasteiger partial charge in [0.05, 0.1) is 25.0 Å². The van der Waals surface area contributed by atoms with Gasteiger partial charge in [-0.2, -0.15) is 4.98 Å². The molecule has 4 rings (SSSR count). The first-order valence-electron chi connectivity index (χ1n) is 11.7. The van der Waals surface area contributed by atoms with Crippen molar-refractivity contribution in [2.75, 3.05) is 26.3 Å². The zero-order chi connectivity index (χ0) is 22.7. The number of aryl methyl sites for hydroxylation is 1. The Labute approximate surface area is 198 Å². The lowest BCUT2D eigenvalue weighted by Gasteiger charge is -2.36. The van der Waals surface area contributed by atoms with Crippen LogP contribution >= 0.6 is 22.9 Å². The number of rotatable bonds is 9. The number of likely N-dealkylation sites (N-methyl/N-ethyl adjacent to an activating group) is 1. The average Bonchev–Trinajstić information content (AvgIpc) is 3.32. The lowest BCUT2D eigenvalue weighted by molar-refractivity contribution is -0.143. The minimum absolute atomic E-state index is 0.0775. The highest BCUT2D eigenvalue weighted by Gasteiger charge is 2.33. The number of aromatic nitrogens is 2. The third kappa shape index (κ3) is 5.03. The molecular formula is C23H32ClN3O4S. The summed E-state index contributed by atoms with van der Waals surface area (Å²) in [4.78, 5) is 25.5. The number of hydrogen-bond acceptors (Lipinski definition) is 8. The van der Waals surface area contributed by atoms with E-state index in [-0.39, 0.29) is 29.9 Å². The van der Waals surface area contributed by atoms with Gasteiger partial charge in [-0.25, -0.2) is 4.98 Å². The minimum Gasteiger partial charge on any atom is -0.474 e. The molecule has 0 radical (unpaired) electrons. The molecule has 2 aliphatic rings. The number of aliphatic hydroxyl groups is 1. The summed E-state index contributed by atoms with van der Waals surface area (Å²) in [6.07, 6.45) is 6.26. The van der Waals surface area contributed by atoms with Crippen LogP contribution in [-0.2, 0) is 16.0 Å². The smallest absolute Gasteiger partial charge is 0.306 e. The number of halogens is 1. The molecule has 7 nitrogen and oxygen atoms in total. The summed E-state index contributed by atoms with van der Waals surface area (Å²) in [7, 11) is 0. The molecule has 0 spiro atoms. The highest BCUT2D eigenvalue weighted by molar-refractivity contribution is 7.19. The van der Waals surface area contributed by atoms with Crippen LogP contribution in [-0.4, -0.2) is 64.4 Å². The molecule has 0 unspecified atom stereocenters. The lowest BCUT2D eigenvalue weighted by Crippen LogP contribution is -2.41. The van der Waals surface area contributed by atoms with Crippen molar-refractivity contribution in [2.24, 2.45) is 0 Å². The second-order valence-corrected chi connectivity index (χ2v) is 9.98. The predicted octanol–water partition coefficient (Wildman–Crippen LogP) is 4.33. The fourth-order valence-corrected chi connectivity index (χ4v) is 6.68. The number of nitrogens with zero attached hydrogens (tertiary/aromatic N) is 3. The van der Waals surface area contributed by atoms with Gasteiger partial charge >= 0.3 is 5.97 Å². The predicted molar refractivity (Wildman–Crippen MR) is 126 cm³/mol.